The lowest BCUT2D eigenvalue weighted by atomic mass is 9.96. The lowest BCUT2D eigenvalue weighted by molar-refractivity contribution is -0.117. The fourth-order valence-corrected chi connectivity index (χ4v) is 4.35. The van der Waals surface area contributed by atoms with Crippen LogP contribution in [-0.2, 0) is 9.53 Å². The molecule has 0 aromatic heterocycles. The summed E-state index contributed by atoms with van der Waals surface area (Å²) in [5, 5.41) is 0.502. The predicted molar refractivity (Wildman–Crippen MR) is 121 cm³/mol. The van der Waals surface area contributed by atoms with Crippen LogP contribution in [0.2, 0.25) is 5.02 Å². The normalized spacial score (nSPS) is 19.5. The van der Waals surface area contributed by atoms with Gasteiger partial charge in [0.2, 0.25) is 5.91 Å². The molecule has 7 nitrogen and oxygen atoms in total. The summed E-state index contributed by atoms with van der Waals surface area (Å²) < 4.78 is 5.44. The van der Waals surface area contributed by atoms with E-state index in [2.05, 4.69) is 0 Å². The van der Waals surface area contributed by atoms with E-state index in [1.807, 2.05) is 25.7 Å². The first kappa shape index (κ1) is 23.4. The molecule has 0 aliphatic carbocycles. The van der Waals surface area contributed by atoms with Crippen LogP contribution < -0.4 is 4.90 Å². The van der Waals surface area contributed by atoms with Gasteiger partial charge in [0.05, 0.1) is 11.3 Å². The summed E-state index contributed by atoms with van der Waals surface area (Å²) >= 11 is 6.18. The molecular weight excluding hydrogens is 418 g/mol. The minimum Gasteiger partial charge on any atom is -0.444 e. The third kappa shape index (κ3) is 5.91. The van der Waals surface area contributed by atoms with Gasteiger partial charge in [0.25, 0.3) is 5.91 Å². The number of anilines is 1. The number of benzene rings is 1. The monoisotopic (exact) mass is 449 g/mol. The Labute approximate surface area is 189 Å². The number of nitrogens with zero attached hydrogens (tertiary/aromatic N) is 3. The van der Waals surface area contributed by atoms with E-state index in [0.29, 0.717) is 48.9 Å². The Bertz CT molecular complexity index is 852. The largest absolute Gasteiger partial charge is 0.444 e. The average molecular weight is 450 g/mol. The maximum Gasteiger partial charge on any atom is 0.410 e. The van der Waals surface area contributed by atoms with E-state index in [0.717, 1.165) is 19.3 Å². The molecule has 0 spiro atoms. The van der Waals surface area contributed by atoms with Crippen molar-refractivity contribution in [2.24, 2.45) is 5.92 Å². The number of carbonyl (C=O) groups is 3. The summed E-state index contributed by atoms with van der Waals surface area (Å²) in [5.41, 5.74) is 0.548. The van der Waals surface area contributed by atoms with Gasteiger partial charge in [-0.1, -0.05) is 11.6 Å². The number of hydrogen-bond donors (Lipinski definition) is 0. The Kier molecular flexibility index (Phi) is 7.14. The van der Waals surface area contributed by atoms with Crippen molar-refractivity contribution in [2.75, 3.05) is 38.1 Å². The highest BCUT2D eigenvalue weighted by atomic mass is 35.5. The van der Waals surface area contributed by atoms with E-state index in [4.69, 9.17) is 16.3 Å². The first-order valence-electron chi connectivity index (χ1n) is 10.9. The standard InChI is InChI=1S/C23H32ClN3O4/c1-23(2,3)31-22(30)25(4)14-16-7-5-11-26(15-16)21(29)18-10-9-17(24)13-19(18)27-12-6-8-20(27)28/h9-10,13,16H,5-8,11-12,14-15H2,1-4H3. The minimum atomic E-state index is -0.544. The molecule has 2 heterocycles. The molecule has 2 aliphatic heterocycles. The van der Waals surface area contributed by atoms with Crippen LogP contribution in [0.3, 0.4) is 0 Å². The van der Waals surface area contributed by atoms with Gasteiger partial charge in [-0.15, -0.1) is 0 Å². The van der Waals surface area contributed by atoms with E-state index in [1.54, 1.807) is 35.0 Å². The molecule has 2 fully saturated rings. The SMILES string of the molecule is CN(CC1CCCN(C(=O)c2ccc(Cl)cc2N2CCCC2=O)C1)C(=O)OC(C)(C)C. The fourth-order valence-electron chi connectivity index (χ4n) is 4.18. The van der Waals surface area contributed by atoms with Crippen molar-refractivity contribution in [2.45, 2.75) is 52.1 Å². The zero-order valence-electron chi connectivity index (χ0n) is 18.8. The van der Waals surface area contributed by atoms with E-state index in [1.165, 1.54) is 0 Å². The van der Waals surface area contributed by atoms with Crippen molar-refractivity contribution in [1.29, 1.82) is 0 Å². The van der Waals surface area contributed by atoms with Crippen molar-refractivity contribution < 1.29 is 19.1 Å². The van der Waals surface area contributed by atoms with Crippen LogP contribution in [0.4, 0.5) is 10.5 Å². The van der Waals surface area contributed by atoms with Crippen molar-refractivity contribution in [1.82, 2.24) is 9.80 Å². The minimum absolute atomic E-state index is 0.0202. The molecule has 1 unspecified atom stereocenters. The van der Waals surface area contributed by atoms with Gasteiger partial charge in [0.1, 0.15) is 5.60 Å². The van der Waals surface area contributed by atoms with Crippen molar-refractivity contribution in [3.63, 3.8) is 0 Å². The van der Waals surface area contributed by atoms with E-state index in [-0.39, 0.29) is 23.8 Å². The van der Waals surface area contributed by atoms with Crippen molar-refractivity contribution >= 4 is 35.2 Å². The Hall–Kier alpha value is -2.28. The molecule has 3 amide bonds. The molecule has 170 valence electrons. The van der Waals surface area contributed by atoms with Crippen LogP contribution in [0.25, 0.3) is 0 Å². The zero-order chi connectivity index (χ0) is 22.8. The highest BCUT2D eigenvalue weighted by molar-refractivity contribution is 6.31. The Morgan fingerprint density at radius 2 is 1.97 bits per heavy atom. The van der Waals surface area contributed by atoms with Gasteiger partial charge in [-0.05, 0) is 64.2 Å². The molecule has 0 saturated carbocycles. The molecule has 0 N–H and O–H groups in total. The van der Waals surface area contributed by atoms with Crippen LogP contribution in [-0.4, -0.2) is 66.5 Å². The third-order valence-electron chi connectivity index (χ3n) is 5.60. The Morgan fingerprint density at radius 3 is 2.61 bits per heavy atom. The highest BCUT2D eigenvalue weighted by Gasteiger charge is 2.31. The number of rotatable bonds is 4. The molecular formula is C23H32ClN3O4. The number of piperidine rings is 1. The third-order valence-corrected chi connectivity index (χ3v) is 5.83. The average Bonchev–Trinajstić information content (AvgIpc) is 3.12. The van der Waals surface area contributed by atoms with E-state index >= 15 is 0 Å². The fraction of sp³-hybridized carbons (Fsp3) is 0.609. The smallest absolute Gasteiger partial charge is 0.410 e. The summed E-state index contributed by atoms with van der Waals surface area (Å²) in [7, 11) is 1.73. The quantitative estimate of drug-likeness (QED) is 0.691. The molecule has 0 radical (unpaired) electrons. The maximum absolute atomic E-state index is 13.4. The number of likely N-dealkylation sites (tertiary alicyclic amines) is 1. The second-order valence-electron chi connectivity index (χ2n) is 9.43. The van der Waals surface area contributed by atoms with Gasteiger partial charge in [0, 0.05) is 44.7 Å². The highest BCUT2D eigenvalue weighted by Crippen LogP contribution is 2.31. The molecule has 31 heavy (non-hydrogen) atoms. The van der Waals surface area contributed by atoms with Crippen LogP contribution in [0.15, 0.2) is 18.2 Å². The molecule has 8 heteroatoms. The van der Waals surface area contributed by atoms with Crippen LogP contribution in [0.1, 0.15) is 56.8 Å². The summed E-state index contributed by atoms with van der Waals surface area (Å²) in [6.07, 6.45) is 2.72. The lowest BCUT2D eigenvalue weighted by Crippen LogP contribution is -2.45. The number of hydrogen-bond acceptors (Lipinski definition) is 4. The molecule has 1 aromatic carbocycles. The van der Waals surface area contributed by atoms with Crippen LogP contribution in [0, 0.1) is 5.92 Å². The Morgan fingerprint density at radius 1 is 1.23 bits per heavy atom. The zero-order valence-corrected chi connectivity index (χ0v) is 19.6. The van der Waals surface area contributed by atoms with Crippen molar-refractivity contribution in [3.05, 3.63) is 28.8 Å². The van der Waals surface area contributed by atoms with Gasteiger partial charge in [-0.25, -0.2) is 4.79 Å². The van der Waals surface area contributed by atoms with E-state index in [9.17, 15) is 14.4 Å². The molecule has 0 bridgehead atoms. The first-order chi connectivity index (χ1) is 14.5. The first-order valence-corrected chi connectivity index (χ1v) is 11.3. The van der Waals surface area contributed by atoms with Gasteiger partial charge < -0.3 is 19.4 Å². The lowest BCUT2D eigenvalue weighted by Gasteiger charge is -2.35. The van der Waals surface area contributed by atoms with Gasteiger partial charge in [0.15, 0.2) is 0 Å². The molecule has 2 saturated heterocycles. The summed E-state index contributed by atoms with van der Waals surface area (Å²) in [6.45, 7) is 7.86. The maximum atomic E-state index is 13.4. The number of ether oxygens (including phenoxy) is 1. The molecule has 1 aromatic rings. The topological polar surface area (TPSA) is 70.2 Å². The summed E-state index contributed by atoms with van der Waals surface area (Å²) in [5.74, 6) is 0.0854. The summed E-state index contributed by atoms with van der Waals surface area (Å²) in [4.78, 5) is 43.0. The van der Waals surface area contributed by atoms with Crippen LogP contribution in [0.5, 0.6) is 0 Å². The number of halogens is 1. The number of carbonyl (C=O) groups excluding carboxylic acids is 3. The number of amides is 3. The molecule has 1 atom stereocenters. The van der Waals surface area contributed by atoms with Gasteiger partial charge in [-0.2, -0.15) is 0 Å². The van der Waals surface area contributed by atoms with Crippen molar-refractivity contribution in [3.8, 4) is 0 Å². The summed E-state index contributed by atoms with van der Waals surface area (Å²) in [6, 6.07) is 5.11. The van der Waals surface area contributed by atoms with Crippen LogP contribution >= 0.6 is 11.6 Å². The molecule has 2 aliphatic rings. The predicted octanol–water partition coefficient (Wildman–Crippen LogP) is 4.19. The Balaban J connectivity index is 1.70. The van der Waals surface area contributed by atoms with E-state index < -0.39 is 5.60 Å². The van der Waals surface area contributed by atoms with Gasteiger partial charge in [-0.3, -0.25) is 9.59 Å². The second kappa shape index (κ2) is 9.47. The second-order valence-corrected chi connectivity index (χ2v) is 9.87. The molecule has 3 rings (SSSR count). The van der Waals surface area contributed by atoms with Gasteiger partial charge >= 0.3 is 6.09 Å².